The lowest BCUT2D eigenvalue weighted by molar-refractivity contribution is 0.128. The molecule has 1 aliphatic carbocycles. The first-order valence-corrected chi connectivity index (χ1v) is 7.55. The lowest BCUT2D eigenvalue weighted by Gasteiger charge is -2.09. The van der Waals surface area contributed by atoms with Crippen molar-refractivity contribution in [2.24, 2.45) is 0 Å². The van der Waals surface area contributed by atoms with Gasteiger partial charge in [0.25, 0.3) is 0 Å². The van der Waals surface area contributed by atoms with E-state index in [0.717, 1.165) is 23.9 Å². The van der Waals surface area contributed by atoms with Crippen molar-refractivity contribution in [1.82, 2.24) is 19.7 Å². The van der Waals surface area contributed by atoms with Crippen LogP contribution >= 0.6 is 0 Å². The van der Waals surface area contributed by atoms with Gasteiger partial charge in [0.15, 0.2) is 11.6 Å². The maximum absolute atomic E-state index is 5.41. The van der Waals surface area contributed by atoms with Gasteiger partial charge in [-0.15, -0.1) is 0 Å². The summed E-state index contributed by atoms with van der Waals surface area (Å²) in [7, 11) is 0. The third kappa shape index (κ3) is 3.39. The number of ether oxygens (including phenoxy) is 1. The van der Waals surface area contributed by atoms with Gasteiger partial charge in [-0.3, -0.25) is 0 Å². The number of rotatable bonds is 7. The van der Waals surface area contributed by atoms with Crippen LogP contribution in [0.4, 0.5) is 5.82 Å². The number of aromatic nitrogens is 4. The molecule has 0 aliphatic heterocycles. The molecule has 0 saturated heterocycles. The van der Waals surface area contributed by atoms with Crippen LogP contribution in [-0.4, -0.2) is 32.9 Å². The molecule has 6 nitrogen and oxygen atoms in total. The monoisotopic (exact) mass is 287 g/mol. The first-order valence-electron chi connectivity index (χ1n) is 7.55. The van der Waals surface area contributed by atoms with Gasteiger partial charge in [-0.1, -0.05) is 0 Å². The minimum absolute atomic E-state index is 0.416. The zero-order valence-electron chi connectivity index (χ0n) is 12.5. The molecule has 0 spiro atoms. The molecule has 3 rings (SSSR count). The van der Waals surface area contributed by atoms with Gasteiger partial charge in [-0.2, -0.15) is 5.10 Å². The summed E-state index contributed by atoms with van der Waals surface area (Å²) in [6.45, 7) is 5.89. The molecule has 112 valence electrons. The van der Waals surface area contributed by atoms with Crippen molar-refractivity contribution in [2.75, 3.05) is 18.5 Å². The van der Waals surface area contributed by atoms with Gasteiger partial charge in [-0.25, -0.2) is 14.6 Å². The summed E-state index contributed by atoms with van der Waals surface area (Å²) >= 11 is 0. The number of nitrogens with zero attached hydrogens (tertiary/aromatic N) is 4. The maximum atomic E-state index is 5.41. The quantitative estimate of drug-likeness (QED) is 0.847. The smallest absolute Gasteiger partial charge is 0.159 e. The molecular weight excluding hydrogens is 266 g/mol. The van der Waals surface area contributed by atoms with Gasteiger partial charge in [0, 0.05) is 31.3 Å². The van der Waals surface area contributed by atoms with E-state index in [9.17, 15) is 0 Å². The second-order valence-corrected chi connectivity index (χ2v) is 5.15. The summed E-state index contributed by atoms with van der Waals surface area (Å²) in [5.41, 5.74) is 1.16. The zero-order chi connectivity index (χ0) is 14.7. The highest BCUT2D eigenvalue weighted by molar-refractivity contribution is 5.41. The topological polar surface area (TPSA) is 64.9 Å². The normalized spacial score (nSPS) is 14.4. The molecule has 2 aromatic heterocycles. The Balaban J connectivity index is 1.88. The number of hydrogen-bond acceptors (Lipinski definition) is 5. The van der Waals surface area contributed by atoms with E-state index in [4.69, 9.17) is 4.74 Å². The standard InChI is InChI=1S/C15H21N5O/c1-3-16-13-9-15(18-14(17-13)10-21-4-2)20-8-7-12(19-20)11-5-6-11/h7-9,11H,3-6,10H2,1-2H3,(H,16,17,18). The lowest BCUT2D eigenvalue weighted by atomic mass is 10.3. The van der Waals surface area contributed by atoms with Gasteiger partial charge in [0.1, 0.15) is 12.4 Å². The molecule has 2 aromatic rings. The summed E-state index contributed by atoms with van der Waals surface area (Å²) in [5.74, 6) is 2.90. The molecule has 0 amide bonds. The fraction of sp³-hybridized carbons (Fsp3) is 0.533. The SMILES string of the molecule is CCNc1cc(-n2ccc(C3CC3)n2)nc(COCC)n1. The van der Waals surface area contributed by atoms with E-state index >= 15 is 0 Å². The number of anilines is 1. The van der Waals surface area contributed by atoms with Gasteiger partial charge < -0.3 is 10.1 Å². The van der Waals surface area contributed by atoms with Crippen molar-refractivity contribution in [2.45, 2.75) is 39.2 Å². The minimum Gasteiger partial charge on any atom is -0.374 e. The molecule has 0 unspecified atom stereocenters. The summed E-state index contributed by atoms with van der Waals surface area (Å²) in [6.07, 6.45) is 4.47. The first kappa shape index (κ1) is 14.0. The van der Waals surface area contributed by atoms with Gasteiger partial charge in [0.2, 0.25) is 0 Å². The Bertz CT molecular complexity index is 606. The van der Waals surface area contributed by atoms with Crippen molar-refractivity contribution in [3.8, 4) is 5.82 Å². The van der Waals surface area contributed by atoms with Gasteiger partial charge in [-0.05, 0) is 32.8 Å². The predicted molar refractivity (Wildman–Crippen MR) is 80.6 cm³/mol. The van der Waals surface area contributed by atoms with E-state index in [0.29, 0.717) is 25.0 Å². The van der Waals surface area contributed by atoms with E-state index in [1.807, 2.05) is 30.8 Å². The van der Waals surface area contributed by atoms with Crippen molar-refractivity contribution in [3.63, 3.8) is 0 Å². The molecule has 1 aliphatic rings. The largest absolute Gasteiger partial charge is 0.374 e. The predicted octanol–water partition coefficient (Wildman–Crippen LogP) is 2.51. The second-order valence-electron chi connectivity index (χ2n) is 5.15. The van der Waals surface area contributed by atoms with Crippen LogP contribution in [-0.2, 0) is 11.3 Å². The summed E-state index contributed by atoms with van der Waals surface area (Å²) in [6, 6.07) is 4.00. The molecule has 1 fully saturated rings. The first-order chi connectivity index (χ1) is 10.3. The highest BCUT2D eigenvalue weighted by Gasteiger charge is 2.26. The second kappa shape index (κ2) is 6.22. The molecule has 1 N–H and O–H groups in total. The zero-order valence-corrected chi connectivity index (χ0v) is 12.5. The fourth-order valence-electron chi connectivity index (χ4n) is 2.19. The molecular formula is C15H21N5O. The number of hydrogen-bond donors (Lipinski definition) is 1. The Labute approximate surface area is 124 Å². The molecule has 2 heterocycles. The average molecular weight is 287 g/mol. The molecule has 0 aromatic carbocycles. The van der Waals surface area contributed by atoms with Crippen LogP contribution in [0.15, 0.2) is 18.3 Å². The van der Waals surface area contributed by atoms with Crippen molar-refractivity contribution in [3.05, 3.63) is 29.8 Å². The highest BCUT2D eigenvalue weighted by Crippen LogP contribution is 2.38. The van der Waals surface area contributed by atoms with Crippen LogP contribution < -0.4 is 5.32 Å². The van der Waals surface area contributed by atoms with E-state index in [2.05, 4.69) is 26.4 Å². The third-order valence-electron chi connectivity index (χ3n) is 3.39. The average Bonchev–Trinajstić information content (AvgIpc) is 3.22. The van der Waals surface area contributed by atoms with Gasteiger partial charge in [0.05, 0.1) is 5.69 Å². The molecule has 6 heteroatoms. The molecule has 0 bridgehead atoms. The van der Waals surface area contributed by atoms with E-state index in [1.165, 1.54) is 12.8 Å². The summed E-state index contributed by atoms with van der Waals surface area (Å²) < 4.78 is 7.24. The van der Waals surface area contributed by atoms with Crippen molar-refractivity contribution < 1.29 is 4.74 Å². The van der Waals surface area contributed by atoms with Crippen LogP contribution in [0, 0.1) is 0 Å². The Hall–Kier alpha value is -1.95. The molecule has 0 atom stereocenters. The molecule has 0 radical (unpaired) electrons. The Morgan fingerprint density at radius 1 is 1.33 bits per heavy atom. The van der Waals surface area contributed by atoms with Crippen molar-refractivity contribution >= 4 is 5.82 Å². The lowest BCUT2D eigenvalue weighted by Crippen LogP contribution is -2.09. The van der Waals surface area contributed by atoms with Gasteiger partial charge >= 0.3 is 0 Å². The summed E-state index contributed by atoms with van der Waals surface area (Å²) in [5, 5.41) is 7.85. The Morgan fingerprint density at radius 2 is 2.19 bits per heavy atom. The third-order valence-corrected chi connectivity index (χ3v) is 3.39. The molecule has 1 saturated carbocycles. The van der Waals surface area contributed by atoms with Crippen molar-refractivity contribution in [1.29, 1.82) is 0 Å². The van der Waals surface area contributed by atoms with Crippen LogP contribution in [0.3, 0.4) is 0 Å². The van der Waals surface area contributed by atoms with E-state index < -0.39 is 0 Å². The van der Waals surface area contributed by atoms with Crippen LogP contribution in [0.2, 0.25) is 0 Å². The van der Waals surface area contributed by atoms with Crippen LogP contribution in [0.5, 0.6) is 0 Å². The molecule has 21 heavy (non-hydrogen) atoms. The summed E-state index contributed by atoms with van der Waals surface area (Å²) in [4.78, 5) is 8.99. The van der Waals surface area contributed by atoms with Crippen LogP contribution in [0.1, 0.15) is 44.1 Å². The highest BCUT2D eigenvalue weighted by atomic mass is 16.5. The van der Waals surface area contributed by atoms with E-state index in [1.54, 1.807) is 0 Å². The fourth-order valence-corrected chi connectivity index (χ4v) is 2.19. The van der Waals surface area contributed by atoms with Crippen LogP contribution in [0.25, 0.3) is 5.82 Å². The number of nitrogens with one attached hydrogen (secondary N) is 1. The Kier molecular flexibility index (Phi) is 4.15. The van der Waals surface area contributed by atoms with E-state index in [-0.39, 0.29) is 0 Å². The minimum atomic E-state index is 0.416. The maximum Gasteiger partial charge on any atom is 0.159 e. The Morgan fingerprint density at radius 3 is 2.90 bits per heavy atom.